The van der Waals surface area contributed by atoms with E-state index in [1.165, 1.54) is 0 Å². The predicted molar refractivity (Wildman–Crippen MR) is 86.3 cm³/mol. The lowest BCUT2D eigenvalue weighted by atomic mass is 10.0. The molecular formula is C16H13BrClNO. The Bertz CT molecular complexity index is 720. The Labute approximate surface area is 130 Å². The van der Waals surface area contributed by atoms with E-state index >= 15 is 0 Å². The zero-order chi connectivity index (χ0) is 14.1. The van der Waals surface area contributed by atoms with E-state index in [1.54, 1.807) is 0 Å². The summed E-state index contributed by atoms with van der Waals surface area (Å²) in [6, 6.07) is 16.0. The Balaban J connectivity index is 2.06. The van der Waals surface area contributed by atoms with Gasteiger partial charge in [-0.2, -0.15) is 0 Å². The first-order valence-corrected chi connectivity index (χ1v) is 7.47. The molecule has 0 saturated carbocycles. The summed E-state index contributed by atoms with van der Waals surface area (Å²) in [7, 11) is 1.91. The Morgan fingerprint density at radius 3 is 2.65 bits per heavy atom. The summed E-state index contributed by atoms with van der Waals surface area (Å²) < 4.78 is 6.82. The standard InChI is InChI=1S/C16H13BrClNO/c1-19-16(11-6-7-12(17)13(18)8-11)15-9-10-4-2-3-5-14(10)20-15/h2-9,16,19H,1H3. The second-order valence-electron chi connectivity index (χ2n) is 4.58. The van der Waals surface area contributed by atoms with Gasteiger partial charge in [0.2, 0.25) is 0 Å². The number of benzene rings is 2. The summed E-state index contributed by atoms with van der Waals surface area (Å²) in [4.78, 5) is 0. The van der Waals surface area contributed by atoms with E-state index in [0.717, 1.165) is 26.8 Å². The molecule has 3 aromatic rings. The average molecular weight is 351 g/mol. The molecule has 0 saturated heterocycles. The summed E-state index contributed by atoms with van der Waals surface area (Å²) in [6.45, 7) is 0. The minimum atomic E-state index is -0.0204. The zero-order valence-corrected chi connectivity index (χ0v) is 13.2. The lowest BCUT2D eigenvalue weighted by Gasteiger charge is -2.14. The van der Waals surface area contributed by atoms with E-state index in [1.807, 2.05) is 49.5 Å². The van der Waals surface area contributed by atoms with Crippen LogP contribution >= 0.6 is 27.5 Å². The first kappa shape index (κ1) is 13.7. The highest BCUT2D eigenvalue weighted by Gasteiger charge is 2.17. The van der Waals surface area contributed by atoms with Crippen molar-refractivity contribution in [3.8, 4) is 0 Å². The Kier molecular flexibility index (Phi) is 3.83. The maximum absolute atomic E-state index is 6.18. The van der Waals surface area contributed by atoms with Gasteiger partial charge in [0.1, 0.15) is 11.3 Å². The zero-order valence-electron chi connectivity index (χ0n) is 10.9. The third kappa shape index (κ3) is 2.49. The van der Waals surface area contributed by atoms with Crippen molar-refractivity contribution in [1.82, 2.24) is 5.32 Å². The van der Waals surface area contributed by atoms with Crippen molar-refractivity contribution in [3.05, 3.63) is 69.3 Å². The molecule has 2 aromatic carbocycles. The van der Waals surface area contributed by atoms with Crippen LogP contribution in [-0.4, -0.2) is 7.05 Å². The fourth-order valence-electron chi connectivity index (χ4n) is 2.31. The van der Waals surface area contributed by atoms with E-state index in [9.17, 15) is 0 Å². The lowest BCUT2D eigenvalue weighted by Crippen LogP contribution is -2.16. The third-order valence-corrected chi connectivity index (χ3v) is 4.53. The van der Waals surface area contributed by atoms with Crippen LogP contribution in [0.1, 0.15) is 17.4 Å². The second-order valence-corrected chi connectivity index (χ2v) is 5.84. The number of hydrogen-bond donors (Lipinski definition) is 1. The molecule has 1 atom stereocenters. The van der Waals surface area contributed by atoms with Crippen molar-refractivity contribution in [2.24, 2.45) is 0 Å². The van der Waals surface area contributed by atoms with Gasteiger partial charge in [0.25, 0.3) is 0 Å². The first-order valence-electron chi connectivity index (χ1n) is 6.29. The molecule has 20 heavy (non-hydrogen) atoms. The van der Waals surface area contributed by atoms with Crippen LogP contribution in [0.5, 0.6) is 0 Å². The molecule has 102 valence electrons. The summed E-state index contributed by atoms with van der Waals surface area (Å²) in [5.74, 6) is 0.882. The maximum Gasteiger partial charge on any atom is 0.134 e. The molecule has 0 amide bonds. The summed E-state index contributed by atoms with van der Waals surface area (Å²) in [6.07, 6.45) is 0. The van der Waals surface area contributed by atoms with Crippen molar-refractivity contribution in [1.29, 1.82) is 0 Å². The van der Waals surface area contributed by atoms with Crippen molar-refractivity contribution >= 4 is 38.5 Å². The number of furan rings is 1. The molecule has 4 heteroatoms. The van der Waals surface area contributed by atoms with Gasteiger partial charge >= 0.3 is 0 Å². The molecule has 1 heterocycles. The minimum absolute atomic E-state index is 0.0204. The van der Waals surface area contributed by atoms with Gasteiger partial charge in [-0.05, 0) is 52.8 Å². The van der Waals surface area contributed by atoms with Crippen LogP contribution in [0.3, 0.4) is 0 Å². The van der Waals surface area contributed by atoms with Crippen LogP contribution in [0.2, 0.25) is 5.02 Å². The molecule has 0 aliphatic rings. The molecule has 0 aliphatic heterocycles. The Hall–Kier alpha value is -1.29. The smallest absolute Gasteiger partial charge is 0.134 e. The number of fused-ring (bicyclic) bond motifs is 1. The average Bonchev–Trinajstić information content (AvgIpc) is 2.87. The molecule has 2 nitrogen and oxygen atoms in total. The van der Waals surface area contributed by atoms with Crippen LogP contribution in [-0.2, 0) is 0 Å². The number of rotatable bonds is 3. The van der Waals surface area contributed by atoms with Gasteiger partial charge in [-0.15, -0.1) is 0 Å². The van der Waals surface area contributed by atoms with Gasteiger partial charge < -0.3 is 9.73 Å². The van der Waals surface area contributed by atoms with Crippen LogP contribution in [0.4, 0.5) is 0 Å². The largest absolute Gasteiger partial charge is 0.459 e. The highest BCUT2D eigenvalue weighted by atomic mass is 79.9. The molecule has 3 rings (SSSR count). The van der Waals surface area contributed by atoms with Crippen LogP contribution < -0.4 is 5.32 Å². The van der Waals surface area contributed by atoms with Crippen molar-refractivity contribution in [3.63, 3.8) is 0 Å². The summed E-state index contributed by atoms with van der Waals surface area (Å²) in [5, 5.41) is 5.07. The first-order chi connectivity index (χ1) is 9.69. The van der Waals surface area contributed by atoms with Gasteiger partial charge in [0, 0.05) is 9.86 Å². The molecule has 0 radical (unpaired) electrons. The number of hydrogen-bond acceptors (Lipinski definition) is 2. The van der Waals surface area contributed by atoms with E-state index in [-0.39, 0.29) is 6.04 Å². The highest BCUT2D eigenvalue weighted by Crippen LogP contribution is 2.31. The normalized spacial score (nSPS) is 12.8. The minimum Gasteiger partial charge on any atom is -0.459 e. The fourth-order valence-corrected chi connectivity index (χ4v) is 2.75. The summed E-state index contributed by atoms with van der Waals surface area (Å²) >= 11 is 9.58. The molecule has 1 N–H and O–H groups in total. The molecule has 0 aliphatic carbocycles. The number of para-hydroxylation sites is 1. The topological polar surface area (TPSA) is 25.2 Å². The molecule has 0 fully saturated rings. The Morgan fingerprint density at radius 1 is 1.15 bits per heavy atom. The number of nitrogens with one attached hydrogen (secondary N) is 1. The van der Waals surface area contributed by atoms with E-state index in [2.05, 4.69) is 27.3 Å². The monoisotopic (exact) mass is 349 g/mol. The fraction of sp³-hybridized carbons (Fsp3) is 0.125. The van der Waals surface area contributed by atoms with E-state index in [4.69, 9.17) is 16.0 Å². The van der Waals surface area contributed by atoms with Crippen molar-refractivity contribution < 1.29 is 4.42 Å². The lowest BCUT2D eigenvalue weighted by molar-refractivity contribution is 0.491. The second kappa shape index (κ2) is 5.60. The quantitative estimate of drug-likeness (QED) is 0.706. The predicted octanol–water partition coefficient (Wildman–Crippen LogP) is 5.16. The molecule has 1 unspecified atom stereocenters. The van der Waals surface area contributed by atoms with Gasteiger partial charge in [0.15, 0.2) is 0 Å². The van der Waals surface area contributed by atoms with Gasteiger partial charge in [-0.25, -0.2) is 0 Å². The Morgan fingerprint density at radius 2 is 1.95 bits per heavy atom. The summed E-state index contributed by atoms with van der Waals surface area (Å²) in [5.41, 5.74) is 1.96. The maximum atomic E-state index is 6.18. The SMILES string of the molecule is CNC(c1ccc(Br)c(Cl)c1)c1cc2ccccc2o1. The molecule has 1 aromatic heterocycles. The third-order valence-electron chi connectivity index (χ3n) is 3.29. The van der Waals surface area contributed by atoms with Crippen molar-refractivity contribution in [2.45, 2.75) is 6.04 Å². The van der Waals surface area contributed by atoms with E-state index in [0.29, 0.717) is 5.02 Å². The van der Waals surface area contributed by atoms with Crippen LogP contribution in [0.15, 0.2) is 57.4 Å². The van der Waals surface area contributed by atoms with Crippen LogP contribution in [0.25, 0.3) is 11.0 Å². The number of halogens is 2. The van der Waals surface area contributed by atoms with Crippen LogP contribution in [0, 0.1) is 0 Å². The van der Waals surface area contributed by atoms with Gasteiger partial charge in [0.05, 0.1) is 11.1 Å². The van der Waals surface area contributed by atoms with E-state index < -0.39 is 0 Å². The molecule has 0 bridgehead atoms. The van der Waals surface area contributed by atoms with Gasteiger partial charge in [-0.3, -0.25) is 0 Å². The molecule has 0 spiro atoms. The van der Waals surface area contributed by atoms with Gasteiger partial charge in [-0.1, -0.05) is 35.9 Å². The molecular weight excluding hydrogens is 338 g/mol. The highest BCUT2D eigenvalue weighted by molar-refractivity contribution is 9.10. The van der Waals surface area contributed by atoms with Crippen molar-refractivity contribution in [2.75, 3.05) is 7.05 Å².